The Hall–Kier alpha value is -2.54. The Morgan fingerprint density at radius 3 is 2.00 bits per heavy atom. The summed E-state index contributed by atoms with van der Waals surface area (Å²) in [7, 11) is 6.95. The largest absolute Gasteiger partial charge is 0.493 e. The van der Waals surface area contributed by atoms with Crippen LogP contribution < -0.4 is 19.1 Å². The van der Waals surface area contributed by atoms with Gasteiger partial charge in [0.25, 0.3) is 0 Å². The average molecular weight is 344 g/mol. The third kappa shape index (κ3) is 3.46. The maximum absolute atomic E-state index is 5.47. The van der Waals surface area contributed by atoms with Crippen molar-refractivity contribution in [2.24, 2.45) is 0 Å². The average Bonchev–Trinajstić information content (AvgIpc) is 2.67. The number of hydrogen-bond donors (Lipinski definition) is 0. The Morgan fingerprint density at radius 1 is 0.840 bits per heavy atom. The molecule has 0 bridgehead atoms. The zero-order valence-electron chi connectivity index (χ0n) is 15.2. The lowest BCUT2D eigenvalue weighted by molar-refractivity contribution is 0.312. The van der Waals surface area contributed by atoms with Crippen molar-refractivity contribution in [3.8, 4) is 28.5 Å². The zero-order chi connectivity index (χ0) is 17.8. The molecule has 1 aromatic carbocycles. The SMILES string of the molecule is COc1cc(-c2nccnc2N2CCN(C)CC2)cc(OC)c1OC. The van der Waals surface area contributed by atoms with Crippen LogP contribution in [0.1, 0.15) is 0 Å². The second kappa shape index (κ2) is 7.57. The van der Waals surface area contributed by atoms with E-state index in [4.69, 9.17) is 14.2 Å². The van der Waals surface area contributed by atoms with Gasteiger partial charge in [-0.2, -0.15) is 0 Å². The summed E-state index contributed by atoms with van der Waals surface area (Å²) in [5, 5.41) is 0. The molecule has 0 saturated carbocycles. The van der Waals surface area contributed by atoms with Crippen LogP contribution in [0.25, 0.3) is 11.3 Å². The van der Waals surface area contributed by atoms with Gasteiger partial charge in [-0.15, -0.1) is 0 Å². The minimum absolute atomic E-state index is 0.568. The van der Waals surface area contributed by atoms with Gasteiger partial charge in [0.05, 0.1) is 21.3 Å². The summed E-state index contributed by atoms with van der Waals surface area (Å²) in [6.07, 6.45) is 3.44. The topological polar surface area (TPSA) is 60.0 Å². The predicted octanol–water partition coefficient (Wildman–Crippen LogP) is 1.92. The molecule has 0 spiro atoms. The first kappa shape index (κ1) is 17.3. The molecular formula is C18H24N4O3. The molecular weight excluding hydrogens is 320 g/mol. The van der Waals surface area contributed by atoms with Gasteiger partial charge in [0, 0.05) is 44.1 Å². The maximum Gasteiger partial charge on any atom is 0.203 e. The molecule has 0 N–H and O–H groups in total. The summed E-state index contributed by atoms with van der Waals surface area (Å²) in [5.74, 6) is 2.65. The number of piperazine rings is 1. The van der Waals surface area contributed by atoms with Crippen LogP contribution >= 0.6 is 0 Å². The highest BCUT2D eigenvalue weighted by Crippen LogP contribution is 2.42. The maximum atomic E-state index is 5.47. The fourth-order valence-corrected chi connectivity index (χ4v) is 3.00. The fourth-order valence-electron chi connectivity index (χ4n) is 3.00. The molecule has 0 atom stereocenters. The number of rotatable bonds is 5. The Morgan fingerprint density at radius 2 is 1.44 bits per heavy atom. The fraction of sp³-hybridized carbons (Fsp3) is 0.444. The lowest BCUT2D eigenvalue weighted by atomic mass is 10.1. The summed E-state index contributed by atoms with van der Waals surface area (Å²) in [6.45, 7) is 3.86. The first-order valence-electron chi connectivity index (χ1n) is 8.22. The van der Waals surface area contributed by atoms with E-state index in [-0.39, 0.29) is 0 Å². The van der Waals surface area contributed by atoms with E-state index in [1.165, 1.54) is 0 Å². The molecule has 7 heteroatoms. The second-order valence-corrected chi connectivity index (χ2v) is 5.93. The molecule has 0 unspecified atom stereocenters. The van der Waals surface area contributed by atoms with Gasteiger partial charge in [-0.05, 0) is 19.2 Å². The van der Waals surface area contributed by atoms with Gasteiger partial charge < -0.3 is 24.0 Å². The van der Waals surface area contributed by atoms with Crippen LogP contribution in [0.3, 0.4) is 0 Å². The quantitative estimate of drug-likeness (QED) is 0.821. The molecule has 134 valence electrons. The van der Waals surface area contributed by atoms with Crippen LogP contribution in [0.2, 0.25) is 0 Å². The summed E-state index contributed by atoms with van der Waals surface area (Å²) in [6, 6.07) is 3.82. The highest BCUT2D eigenvalue weighted by Gasteiger charge is 2.22. The molecule has 3 rings (SSSR count). The van der Waals surface area contributed by atoms with Crippen molar-refractivity contribution in [3.05, 3.63) is 24.5 Å². The molecule has 1 fully saturated rings. The Balaban J connectivity index is 2.05. The number of methoxy groups -OCH3 is 3. The Kier molecular flexibility index (Phi) is 5.23. The molecule has 0 aliphatic carbocycles. The molecule has 7 nitrogen and oxygen atoms in total. The Labute approximate surface area is 148 Å². The molecule has 0 amide bonds. The van der Waals surface area contributed by atoms with Gasteiger partial charge in [-0.3, -0.25) is 4.98 Å². The number of benzene rings is 1. The van der Waals surface area contributed by atoms with Crippen LogP contribution in [-0.4, -0.2) is 69.4 Å². The van der Waals surface area contributed by atoms with Crippen molar-refractivity contribution < 1.29 is 14.2 Å². The minimum atomic E-state index is 0.568. The molecule has 1 aromatic heterocycles. The molecule has 2 heterocycles. The number of ether oxygens (including phenoxy) is 3. The summed E-state index contributed by atoms with van der Waals surface area (Å²) in [5.41, 5.74) is 1.70. The van der Waals surface area contributed by atoms with E-state index < -0.39 is 0 Å². The molecule has 1 aliphatic rings. The van der Waals surface area contributed by atoms with Crippen LogP contribution in [0.15, 0.2) is 24.5 Å². The summed E-state index contributed by atoms with van der Waals surface area (Å²) < 4.78 is 16.3. The van der Waals surface area contributed by atoms with Crippen LogP contribution in [0, 0.1) is 0 Å². The van der Waals surface area contributed by atoms with E-state index in [1.54, 1.807) is 33.7 Å². The van der Waals surface area contributed by atoms with Crippen molar-refractivity contribution in [1.82, 2.24) is 14.9 Å². The monoisotopic (exact) mass is 344 g/mol. The van der Waals surface area contributed by atoms with Crippen LogP contribution in [0.4, 0.5) is 5.82 Å². The predicted molar refractivity (Wildman–Crippen MR) is 96.8 cm³/mol. The highest BCUT2D eigenvalue weighted by molar-refractivity contribution is 5.76. The van der Waals surface area contributed by atoms with Gasteiger partial charge in [0.2, 0.25) is 5.75 Å². The molecule has 1 aliphatic heterocycles. The normalized spacial score (nSPS) is 15.1. The smallest absolute Gasteiger partial charge is 0.203 e. The number of aromatic nitrogens is 2. The van der Waals surface area contributed by atoms with E-state index >= 15 is 0 Å². The zero-order valence-corrected chi connectivity index (χ0v) is 15.2. The number of likely N-dealkylation sites (N-methyl/N-ethyl adjacent to an activating group) is 1. The van der Waals surface area contributed by atoms with E-state index in [0.29, 0.717) is 17.2 Å². The summed E-state index contributed by atoms with van der Waals surface area (Å²) >= 11 is 0. The minimum Gasteiger partial charge on any atom is -0.493 e. The first-order chi connectivity index (χ1) is 12.2. The van der Waals surface area contributed by atoms with E-state index in [2.05, 4.69) is 26.8 Å². The van der Waals surface area contributed by atoms with Crippen molar-refractivity contribution >= 4 is 5.82 Å². The standard InChI is InChI=1S/C18H24N4O3/c1-21-7-9-22(10-8-21)18-16(19-5-6-20-18)13-11-14(23-2)17(25-4)15(12-13)24-3/h5-6,11-12H,7-10H2,1-4H3. The van der Waals surface area contributed by atoms with Gasteiger partial charge in [-0.1, -0.05) is 0 Å². The van der Waals surface area contributed by atoms with Crippen molar-refractivity contribution in [2.75, 3.05) is 59.5 Å². The number of nitrogens with zero attached hydrogens (tertiary/aromatic N) is 4. The first-order valence-corrected chi connectivity index (χ1v) is 8.22. The number of anilines is 1. The van der Waals surface area contributed by atoms with E-state index in [0.717, 1.165) is 43.3 Å². The van der Waals surface area contributed by atoms with E-state index in [1.807, 2.05) is 12.1 Å². The van der Waals surface area contributed by atoms with Gasteiger partial charge in [0.1, 0.15) is 5.69 Å². The molecule has 25 heavy (non-hydrogen) atoms. The molecule has 2 aromatic rings. The van der Waals surface area contributed by atoms with Crippen LogP contribution in [0.5, 0.6) is 17.2 Å². The van der Waals surface area contributed by atoms with Gasteiger partial charge >= 0.3 is 0 Å². The van der Waals surface area contributed by atoms with E-state index in [9.17, 15) is 0 Å². The van der Waals surface area contributed by atoms with Crippen molar-refractivity contribution in [2.45, 2.75) is 0 Å². The van der Waals surface area contributed by atoms with Gasteiger partial charge in [-0.25, -0.2) is 4.98 Å². The second-order valence-electron chi connectivity index (χ2n) is 5.93. The lowest BCUT2D eigenvalue weighted by Gasteiger charge is -2.33. The van der Waals surface area contributed by atoms with Crippen LogP contribution in [-0.2, 0) is 0 Å². The van der Waals surface area contributed by atoms with Crippen molar-refractivity contribution in [1.29, 1.82) is 0 Å². The van der Waals surface area contributed by atoms with Crippen molar-refractivity contribution in [3.63, 3.8) is 0 Å². The molecule has 1 saturated heterocycles. The lowest BCUT2D eigenvalue weighted by Crippen LogP contribution is -2.45. The Bertz CT molecular complexity index is 705. The number of hydrogen-bond acceptors (Lipinski definition) is 7. The third-order valence-electron chi connectivity index (χ3n) is 4.42. The van der Waals surface area contributed by atoms with Gasteiger partial charge in [0.15, 0.2) is 17.3 Å². The summed E-state index contributed by atoms with van der Waals surface area (Å²) in [4.78, 5) is 13.8. The highest BCUT2D eigenvalue weighted by atomic mass is 16.5. The third-order valence-corrected chi connectivity index (χ3v) is 4.42. The molecule has 0 radical (unpaired) electrons.